The van der Waals surface area contributed by atoms with Crippen molar-refractivity contribution in [2.24, 2.45) is 0 Å². The van der Waals surface area contributed by atoms with Crippen LogP contribution in [0.2, 0.25) is 5.02 Å². The smallest absolute Gasteiger partial charge is 0.264 e. The Kier molecular flexibility index (Phi) is 9.54. The molecule has 2 amide bonds. The number of hydrogen-bond donors (Lipinski definition) is 1. The fourth-order valence-electron chi connectivity index (χ4n) is 3.93. The largest absolute Gasteiger partial charge is 0.497 e. The Hall–Kier alpha value is -3.56. The van der Waals surface area contributed by atoms with Gasteiger partial charge in [-0.3, -0.25) is 13.9 Å². The number of nitrogens with one attached hydrogen (secondary N) is 1. The number of halogens is 1. The highest BCUT2D eigenvalue weighted by Crippen LogP contribution is 2.27. The molecule has 1 N–H and O–H groups in total. The average Bonchev–Trinajstić information content (AvgIpc) is 2.91. The number of nitrogens with zero attached hydrogens (tertiary/aromatic N) is 2. The lowest BCUT2D eigenvalue weighted by molar-refractivity contribution is -0.140. The SMILES string of the molecule is CC[C@@H](C(=O)NC)N(Cc1cccc(OC)c1)C(=O)CN(c1cccc(Cl)c1)S(=O)(=O)c1ccccc1. The highest BCUT2D eigenvalue weighted by Gasteiger charge is 2.33. The standard InChI is InChI=1S/C27H30ClN3O5S/c1-4-25(27(33)29-2)30(18-20-10-8-13-23(16-20)36-3)26(32)19-31(22-12-9-11-21(28)17-22)37(34,35)24-14-6-5-7-15-24/h5-17,25H,4,18-19H2,1-3H3,(H,29,33)/t25-/m0/s1. The molecule has 3 aromatic carbocycles. The molecule has 10 heteroatoms. The predicted molar refractivity (Wildman–Crippen MR) is 144 cm³/mol. The summed E-state index contributed by atoms with van der Waals surface area (Å²) in [5.41, 5.74) is 0.967. The Balaban J connectivity index is 2.05. The first-order valence-corrected chi connectivity index (χ1v) is 13.5. The molecule has 0 radical (unpaired) electrons. The van der Waals surface area contributed by atoms with Crippen molar-refractivity contribution in [3.05, 3.63) is 89.4 Å². The van der Waals surface area contributed by atoms with E-state index in [2.05, 4.69) is 5.32 Å². The van der Waals surface area contributed by atoms with E-state index in [4.69, 9.17) is 16.3 Å². The van der Waals surface area contributed by atoms with E-state index in [1.165, 1.54) is 30.1 Å². The molecule has 0 unspecified atom stereocenters. The van der Waals surface area contributed by atoms with Crippen molar-refractivity contribution < 1.29 is 22.7 Å². The van der Waals surface area contributed by atoms with Gasteiger partial charge in [-0.1, -0.05) is 54.9 Å². The third-order valence-corrected chi connectivity index (χ3v) is 7.85. The molecule has 37 heavy (non-hydrogen) atoms. The van der Waals surface area contributed by atoms with Crippen LogP contribution in [0.3, 0.4) is 0 Å². The van der Waals surface area contributed by atoms with Crippen molar-refractivity contribution in [3.8, 4) is 5.75 Å². The summed E-state index contributed by atoms with van der Waals surface area (Å²) in [5, 5.41) is 2.92. The zero-order valence-electron chi connectivity index (χ0n) is 20.9. The minimum atomic E-state index is -4.13. The molecular weight excluding hydrogens is 514 g/mol. The van der Waals surface area contributed by atoms with E-state index in [1.807, 2.05) is 6.07 Å². The minimum Gasteiger partial charge on any atom is -0.497 e. The van der Waals surface area contributed by atoms with Crippen molar-refractivity contribution in [2.75, 3.05) is 25.0 Å². The molecule has 3 aromatic rings. The van der Waals surface area contributed by atoms with Gasteiger partial charge in [0.25, 0.3) is 10.0 Å². The first-order valence-electron chi connectivity index (χ1n) is 11.7. The molecule has 0 saturated carbocycles. The second kappa shape index (κ2) is 12.6. The van der Waals surface area contributed by atoms with Gasteiger partial charge in [0.2, 0.25) is 11.8 Å². The first-order chi connectivity index (χ1) is 17.7. The summed E-state index contributed by atoms with van der Waals surface area (Å²) < 4.78 is 33.7. The molecule has 0 aliphatic heterocycles. The Bertz CT molecular complexity index is 1330. The van der Waals surface area contributed by atoms with Crippen LogP contribution in [-0.4, -0.2) is 51.9 Å². The summed E-state index contributed by atoms with van der Waals surface area (Å²) in [6, 6.07) is 20.5. The molecular formula is C27H30ClN3O5S. The van der Waals surface area contributed by atoms with Gasteiger partial charge in [-0.05, 0) is 54.4 Å². The maximum absolute atomic E-state index is 13.8. The van der Waals surface area contributed by atoms with Crippen molar-refractivity contribution in [3.63, 3.8) is 0 Å². The molecule has 3 rings (SSSR count). The molecule has 0 spiro atoms. The van der Waals surface area contributed by atoms with Crippen molar-refractivity contribution in [1.82, 2.24) is 10.2 Å². The summed E-state index contributed by atoms with van der Waals surface area (Å²) in [5.74, 6) is -0.290. The molecule has 1 atom stereocenters. The molecule has 0 aromatic heterocycles. The van der Waals surface area contributed by atoms with Crippen LogP contribution in [0.5, 0.6) is 5.75 Å². The summed E-state index contributed by atoms with van der Waals surface area (Å²) >= 11 is 6.17. The van der Waals surface area contributed by atoms with Crippen molar-refractivity contribution in [1.29, 1.82) is 0 Å². The third kappa shape index (κ3) is 6.81. The van der Waals surface area contributed by atoms with Crippen molar-refractivity contribution in [2.45, 2.75) is 30.8 Å². The average molecular weight is 544 g/mol. The number of ether oxygens (including phenoxy) is 1. The lowest BCUT2D eigenvalue weighted by atomic mass is 10.1. The zero-order valence-corrected chi connectivity index (χ0v) is 22.5. The Morgan fingerprint density at radius 2 is 1.70 bits per heavy atom. The predicted octanol–water partition coefficient (Wildman–Crippen LogP) is 4.10. The molecule has 0 aliphatic rings. The minimum absolute atomic E-state index is 0.0282. The number of methoxy groups -OCH3 is 1. The van der Waals surface area contributed by atoms with Gasteiger partial charge in [0.15, 0.2) is 0 Å². The molecule has 0 fully saturated rings. The van der Waals surface area contributed by atoms with Crippen LogP contribution in [0.4, 0.5) is 5.69 Å². The highest BCUT2D eigenvalue weighted by atomic mass is 35.5. The van der Waals surface area contributed by atoms with E-state index < -0.39 is 28.5 Å². The van der Waals surface area contributed by atoms with Gasteiger partial charge >= 0.3 is 0 Å². The summed E-state index contributed by atoms with van der Waals surface area (Å²) in [6.07, 6.45) is 0.331. The maximum Gasteiger partial charge on any atom is 0.264 e. The van der Waals surface area contributed by atoms with E-state index in [-0.39, 0.29) is 23.0 Å². The number of hydrogen-bond acceptors (Lipinski definition) is 5. The number of amides is 2. The monoisotopic (exact) mass is 543 g/mol. The number of benzene rings is 3. The van der Waals surface area contributed by atoms with Gasteiger partial charge in [-0.2, -0.15) is 0 Å². The number of rotatable bonds is 11. The fraction of sp³-hybridized carbons (Fsp3) is 0.259. The Labute approximate surface area is 222 Å². The van der Waals surface area contributed by atoms with Crippen LogP contribution in [-0.2, 0) is 26.2 Å². The Morgan fingerprint density at radius 3 is 2.32 bits per heavy atom. The normalized spacial score (nSPS) is 11.9. The quantitative estimate of drug-likeness (QED) is 0.393. The van der Waals surface area contributed by atoms with Gasteiger partial charge in [0, 0.05) is 18.6 Å². The number of carbonyl (C=O) groups excluding carboxylic acids is 2. The van der Waals surface area contributed by atoms with E-state index in [9.17, 15) is 18.0 Å². The molecule has 8 nitrogen and oxygen atoms in total. The van der Waals surface area contributed by atoms with Crippen LogP contribution in [0.1, 0.15) is 18.9 Å². The second-order valence-electron chi connectivity index (χ2n) is 8.22. The number of anilines is 1. The fourth-order valence-corrected chi connectivity index (χ4v) is 5.54. The second-order valence-corrected chi connectivity index (χ2v) is 10.5. The zero-order chi connectivity index (χ0) is 27.0. The summed E-state index contributed by atoms with van der Waals surface area (Å²) in [6.45, 7) is 1.34. The van der Waals surface area contributed by atoms with E-state index in [1.54, 1.807) is 68.6 Å². The van der Waals surface area contributed by atoms with Crippen LogP contribution in [0.15, 0.2) is 83.8 Å². The highest BCUT2D eigenvalue weighted by molar-refractivity contribution is 7.92. The molecule has 0 bridgehead atoms. The lowest BCUT2D eigenvalue weighted by Gasteiger charge is -2.33. The topological polar surface area (TPSA) is 96.0 Å². The maximum atomic E-state index is 13.8. The lowest BCUT2D eigenvalue weighted by Crippen LogP contribution is -2.51. The van der Waals surface area contributed by atoms with Crippen LogP contribution < -0.4 is 14.4 Å². The van der Waals surface area contributed by atoms with Crippen LogP contribution in [0, 0.1) is 0 Å². The molecule has 0 heterocycles. The van der Waals surface area contributed by atoms with Crippen LogP contribution in [0.25, 0.3) is 0 Å². The molecule has 0 saturated heterocycles. The van der Waals surface area contributed by atoms with E-state index in [0.717, 1.165) is 9.87 Å². The number of sulfonamides is 1. The van der Waals surface area contributed by atoms with E-state index in [0.29, 0.717) is 17.2 Å². The van der Waals surface area contributed by atoms with Gasteiger partial charge in [-0.15, -0.1) is 0 Å². The number of likely N-dealkylation sites (N-methyl/N-ethyl adjacent to an activating group) is 1. The van der Waals surface area contributed by atoms with Crippen molar-refractivity contribution >= 4 is 39.1 Å². The van der Waals surface area contributed by atoms with Gasteiger partial charge in [0.05, 0.1) is 17.7 Å². The van der Waals surface area contributed by atoms with Gasteiger partial charge < -0.3 is 15.0 Å². The van der Waals surface area contributed by atoms with E-state index >= 15 is 0 Å². The first kappa shape index (κ1) is 28.0. The third-order valence-electron chi connectivity index (χ3n) is 5.83. The van der Waals surface area contributed by atoms with Gasteiger partial charge in [-0.25, -0.2) is 8.42 Å². The number of carbonyl (C=O) groups is 2. The van der Waals surface area contributed by atoms with Gasteiger partial charge in [0.1, 0.15) is 18.3 Å². The molecule has 0 aliphatic carbocycles. The Morgan fingerprint density at radius 1 is 1.00 bits per heavy atom. The summed E-state index contributed by atoms with van der Waals surface area (Å²) in [4.78, 5) is 28.0. The van der Waals surface area contributed by atoms with Crippen LogP contribution >= 0.6 is 11.6 Å². The molecule has 196 valence electrons. The summed E-state index contributed by atoms with van der Waals surface area (Å²) in [7, 11) is -1.10.